The second-order valence-corrected chi connectivity index (χ2v) is 7.62. The van der Waals surface area contributed by atoms with Crippen LogP contribution in [-0.4, -0.2) is 30.3 Å². The number of rotatable bonds is 9. The maximum absolute atomic E-state index is 12.2. The first kappa shape index (κ1) is 20.8. The van der Waals surface area contributed by atoms with Crippen LogP contribution in [0.1, 0.15) is 36.2 Å². The Kier molecular flexibility index (Phi) is 8.71. The van der Waals surface area contributed by atoms with E-state index in [1.165, 1.54) is 4.90 Å². The summed E-state index contributed by atoms with van der Waals surface area (Å²) >= 11 is 1.79. The first-order valence-electron chi connectivity index (χ1n) is 9.14. The highest BCUT2D eigenvalue weighted by Gasteiger charge is 2.06. The molecule has 0 aliphatic heterocycles. The molecule has 5 nitrogen and oxygen atoms in total. The van der Waals surface area contributed by atoms with Crippen molar-refractivity contribution in [2.45, 2.75) is 37.8 Å². The molecule has 27 heavy (non-hydrogen) atoms. The summed E-state index contributed by atoms with van der Waals surface area (Å²) in [7, 11) is 0. The zero-order valence-electron chi connectivity index (χ0n) is 15.8. The fourth-order valence-electron chi connectivity index (χ4n) is 2.35. The minimum atomic E-state index is -0.194. The zero-order chi connectivity index (χ0) is 19.5. The molecule has 3 amide bonds. The van der Waals surface area contributed by atoms with Crippen LogP contribution >= 0.6 is 11.8 Å². The van der Waals surface area contributed by atoms with Crippen LogP contribution in [0.3, 0.4) is 0 Å². The average Bonchev–Trinajstić information content (AvgIpc) is 2.66. The van der Waals surface area contributed by atoms with Gasteiger partial charge in [0.15, 0.2) is 0 Å². The maximum atomic E-state index is 12.2. The van der Waals surface area contributed by atoms with E-state index < -0.39 is 0 Å². The van der Waals surface area contributed by atoms with Crippen molar-refractivity contribution in [1.82, 2.24) is 16.0 Å². The van der Waals surface area contributed by atoms with E-state index in [1.54, 1.807) is 23.9 Å². The number of thioether (sulfide) groups is 1. The Balaban J connectivity index is 1.66. The van der Waals surface area contributed by atoms with Crippen molar-refractivity contribution in [2.75, 3.05) is 12.3 Å². The van der Waals surface area contributed by atoms with Crippen molar-refractivity contribution < 1.29 is 9.59 Å². The van der Waals surface area contributed by atoms with Crippen LogP contribution in [0.15, 0.2) is 59.5 Å². The lowest BCUT2D eigenvalue weighted by atomic mass is 10.1. The number of hydrogen-bond donors (Lipinski definition) is 3. The van der Waals surface area contributed by atoms with Gasteiger partial charge < -0.3 is 16.0 Å². The van der Waals surface area contributed by atoms with E-state index in [-0.39, 0.29) is 18.0 Å². The highest BCUT2D eigenvalue weighted by molar-refractivity contribution is 7.99. The molecule has 0 bridgehead atoms. The summed E-state index contributed by atoms with van der Waals surface area (Å²) in [5.74, 6) is 0.893. The van der Waals surface area contributed by atoms with Gasteiger partial charge in [0.05, 0.1) is 0 Å². The minimum Gasteiger partial charge on any atom is -0.352 e. The molecule has 2 aromatic rings. The SMILES string of the molecule is CC(C)NC(=O)NCc1ccc(C(=O)NCCCSc2ccccc2)cc1. The van der Waals surface area contributed by atoms with Crippen molar-refractivity contribution in [3.8, 4) is 0 Å². The quantitative estimate of drug-likeness (QED) is 0.454. The molecule has 0 unspecified atom stereocenters. The van der Waals surface area contributed by atoms with Gasteiger partial charge >= 0.3 is 6.03 Å². The summed E-state index contributed by atoms with van der Waals surface area (Å²) in [5, 5.41) is 8.50. The lowest BCUT2D eigenvalue weighted by Crippen LogP contribution is -2.39. The first-order chi connectivity index (χ1) is 13.0. The molecule has 0 radical (unpaired) electrons. The maximum Gasteiger partial charge on any atom is 0.315 e. The third-order valence-electron chi connectivity index (χ3n) is 3.71. The van der Waals surface area contributed by atoms with E-state index >= 15 is 0 Å². The molecule has 0 fully saturated rings. The molecule has 144 valence electrons. The second-order valence-electron chi connectivity index (χ2n) is 6.45. The molecular weight excluding hydrogens is 358 g/mol. The van der Waals surface area contributed by atoms with Gasteiger partial charge in [-0.25, -0.2) is 4.79 Å². The number of amides is 3. The van der Waals surface area contributed by atoms with Crippen LogP contribution in [0.2, 0.25) is 0 Å². The molecule has 0 spiro atoms. The largest absolute Gasteiger partial charge is 0.352 e. The van der Waals surface area contributed by atoms with Gasteiger partial charge in [-0.2, -0.15) is 0 Å². The van der Waals surface area contributed by atoms with E-state index in [1.807, 2.05) is 44.2 Å². The van der Waals surface area contributed by atoms with Crippen molar-refractivity contribution in [3.63, 3.8) is 0 Å². The Bertz CT molecular complexity index is 718. The van der Waals surface area contributed by atoms with Gasteiger partial charge in [0, 0.05) is 29.6 Å². The normalized spacial score (nSPS) is 10.5. The van der Waals surface area contributed by atoms with Crippen LogP contribution < -0.4 is 16.0 Å². The summed E-state index contributed by atoms with van der Waals surface area (Å²) in [6.07, 6.45) is 0.915. The smallest absolute Gasteiger partial charge is 0.315 e. The number of carbonyl (C=O) groups excluding carboxylic acids is 2. The van der Waals surface area contributed by atoms with E-state index in [9.17, 15) is 9.59 Å². The Labute approximate surface area is 165 Å². The third kappa shape index (κ3) is 8.17. The van der Waals surface area contributed by atoms with Crippen LogP contribution in [-0.2, 0) is 6.54 Å². The van der Waals surface area contributed by atoms with Gasteiger partial charge in [-0.15, -0.1) is 11.8 Å². The molecule has 0 saturated heterocycles. The highest BCUT2D eigenvalue weighted by Crippen LogP contribution is 2.17. The van der Waals surface area contributed by atoms with Gasteiger partial charge in [0.25, 0.3) is 5.91 Å². The number of benzene rings is 2. The van der Waals surface area contributed by atoms with Crippen molar-refractivity contribution in [2.24, 2.45) is 0 Å². The van der Waals surface area contributed by atoms with E-state index in [0.29, 0.717) is 18.7 Å². The van der Waals surface area contributed by atoms with Crippen LogP contribution in [0, 0.1) is 0 Å². The number of urea groups is 1. The number of hydrogen-bond acceptors (Lipinski definition) is 3. The van der Waals surface area contributed by atoms with Crippen molar-refractivity contribution >= 4 is 23.7 Å². The van der Waals surface area contributed by atoms with E-state index in [4.69, 9.17) is 0 Å². The molecule has 0 aliphatic carbocycles. The topological polar surface area (TPSA) is 70.2 Å². The van der Waals surface area contributed by atoms with Crippen molar-refractivity contribution in [3.05, 3.63) is 65.7 Å². The lowest BCUT2D eigenvalue weighted by molar-refractivity contribution is 0.0953. The van der Waals surface area contributed by atoms with Crippen LogP contribution in [0.4, 0.5) is 4.79 Å². The Hall–Kier alpha value is -2.47. The molecular formula is C21H27N3O2S. The summed E-state index contributed by atoms with van der Waals surface area (Å²) < 4.78 is 0. The molecule has 0 saturated carbocycles. The minimum absolute atomic E-state index is 0.0724. The third-order valence-corrected chi connectivity index (χ3v) is 4.81. The highest BCUT2D eigenvalue weighted by atomic mass is 32.2. The predicted octanol–water partition coefficient (Wildman–Crippen LogP) is 3.81. The lowest BCUT2D eigenvalue weighted by Gasteiger charge is -2.10. The van der Waals surface area contributed by atoms with Gasteiger partial charge in [-0.1, -0.05) is 30.3 Å². The standard InChI is InChI=1S/C21H27N3O2S/c1-16(2)24-21(26)23-15-17-9-11-18(12-10-17)20(25)22-13-6-14-27-19-7-4-3-5-8-19/h3-5,7-12,16H,6,13-15H2,1-2H3,(H,22,25)(H2,23,24,26). The molecule has 0 aromatic heterocycles. The summed E-state index contributed by atoms with van der Waals surface area (Å²) in [4.78, 5) is 25.0. The predicted molar refractivity (Wildman–Crippen MR) is 111 cm³/mol. The molecule has 6 heteroatoms. The molecule has 0 atom stereocenters. The van der Waals surface area contributed by atoms with Gasteiger partial charge in [-0.3, -0.25) is 4.79 Å². The van der Waals surface area contributed by atoms with Crippen molar-refractivity contribution in [1.29, 1.82) is 0 Å². The fourth-order valence-corrected chi connectivity index (χ4v) is 3.23. The Morgan fingerprint density at radius 2 is 1.67 bits per heavy atom. The number of nitrogens with one attached hydrogen (secondary N) is 3. The van der Waals surface area contributed by atoms with Crippen LogP contribution in [0.5, 0.6) is 0 Å². The van der Waals surface area contributed by atoms with Gasteiger partial charge in [0.1, 0.15) is 0 Å². The molecule has 2 aromatic carbocycles. The zero-order valence-corrected chi connectivity index (χ0v) is 16.6. The molecule has 3 N–H and O–H groups in total. The van der Waals surface area contributed by atoms with E-state index in [2.05, 4.69) is 28.1 Å². The van der Waals surface area contributed by atoms with Gasteiger partial charge in [-0.05, 0) is 55.9 Å². The summed E-state index contributed by atoms with van der Waals surface area (Å²) in [6, 6.07) is 17.4. The summed E-state index contributed by atoms with van der Waals surface area (Å²) in [6.45, 7) is 4.90. The average molecular weight is 386 g/mol. The number of carbonyl (C=O) groups is 2. The monoisotopic (exact) mass is 385 g/mol. The van der Waals surface area contributed by atoms with Crippen LogP contribution in [0.25, 0.3) is 0 Å². The Morgan fingerprint density at radius 3 is 2.33 bits per heavy atom. The molecule has 0 heterocycles. The molecule has 2 rings (SSSR count). The second kappa shape index (κ2) is 11.3. The summed E-state index contributed by atoms with van der Waals surface area (Å²) in [5.41, 5.74) is 1.57. The van der Waals surface area contributed by atoms with Gasteiger partial charge in [0.2, 0.25) is 0 Å². The molecule has 0 aliphatic rings. The Morgan fingerprint density at radius 1 is 0.963 bits per heavy atom. The fraction of sp³-hybridized carbons (Fsp3) is 0.333. The first-order valence-corrected chi connectivity index (χ1v) is 10.1. The van der Waals surface area contributed by atoms with E-state index in [0.717, 1.165) is 17.7 Å².